The molecule has 0 aliphatic carbocycles. The second-order valence-corrected chi connectivity index (χ2v) is 8.90. The third-order valence-corrected chi connectivity index (χ3v) is 5.31. The number of sulfonamides is 1. The first-order valence-electron chi connectivity index (χ1n) is 9.07. The van der Waals surface area contributed by atoms with Crippen molar-refractivity contribution in [2.24, 2.45) is 0 Å². The molecule has 1 fully saturated rings. The summed E-state index contributed by atoms with van der Waals surface area (Å²) in [7, 11) is -3.33. The largest absolute Gasteiger partial charge is 0.339 e. The third kappa shape index (κ3) is 4.29. The van der Waals surface area contributed by atoms with Gasteiger partial charge in [-0.05, 0) is 43.3 Å². The molecule has 1 amide bonds. The first kappa shape index (κ1) is 19.1. The minimum atomic E-state index is -3.33. The van der Waals surface area contributed by atoms with Crippen LogP contribution in [0.4, 0.5) is 11.4 Å². The molecule has 1 aromatic heterocycles. The minimum Gasteiger partial charge on any atom is -0.339 e. The van der Waals surface area contributed by atoms with Gasteiger partial charge in [0, 0.05) is 29.9 Å². The normalized spacial score (nSPS) is 17.0. The first-order chi connectivity index (χ1) is 13.8. The lowest BCUT2D eigenvalue weighted by molar-refractivity contribution is -0.117. The summed E-state index contributed by atoms with van der Waals surface area (Å²) in [5.41, 5.74) is 3.14. The van der Waals surface area contributed by atoms with Gasteiger partial charge in [-0.25, -0.2) is 8.42 Å². The highest BCUT2D eigenvalue weighted by atomic mass is 32.2. The average molecular weight is 412 g/mol. The van der Waals surface area contributed by atoms with E-state index in [1.165, 1.54) is 0 Å². The fraction of sp³-hybridized carbons (Fsp3) is 0.250. The van der Waals surface area contributed by atoms with E-state index >= 15 is 0 Å². The van der Waals surface area contributed by atoms with Crippen LogP contribution in [0.1, 0.15) is 23.8 Å². The average Bonchev–Trinajstić information content (AvgIpc) is 3.29. The van der Waals surface area contributed by atoms with Crippen molar-refractivity contribution in [2.45, 2.75) is 19.3 Å². The highest BCUT2D eigenvalue weighted by Crippen LogP contribution is 2.32. The molecule has 1 atom stereocenters. The van der Waals surface area contributed by atoms with E-state index < -0.39 is 10.0 Å². The van der Waals surface area contributed by atoms with Crippen LogP contribution in [0.3, 0.4) is 0 Å². The Morgan fingerprint density at radius 3 is 2.45 bits per heavy atom. The van der Waals surface area contributed by atoms with E-state index in [0.29, 0.717) is 35.9 Å². The van der Waals surface area contributed by atoms with Gasteiger partial charge in [0.25, 0.3) is 0 Å². The van der Waals surface area contributed by atoms with Crippen LogP contribution in [0.5, 0.6) is 0 Å². The van der Waals surface area contributed by atoms with Gasteiger partial charge in [-0.3, -0.25) is 9.52 Å². The lowest BCUT2D eigenvalue weighted by atomic mass is 10.1. The Morgan fingerprint density at radius 1 is 1.10 bits per heavy atom. The van der Waals surface area contributed by atoms with E-state index in [1.54, 1.807) is 29.2 Å². The molecule has 0 radical (unpaired) electrons. The summed E-state index contributed by atoms with van der Waals surface area (Å²) in [5, 5.41) is 4.02. The summed E-state index contributed by atoms with van der Waals surface area (Å²) >= 11 is 0. The van der Waals surface area contributed by atoms with Gasteiger partial charge in [-0.1, -0.05) is 22.9 Å². The number of benzene rings is 2. The standard InChI is InChI=1S/C20H20N4O4S/c1-13-3-9-17(10-4-13)24-12-15(11-18(24)25)20-21-19(22-28-20)14-5-7-16(8-6-14)23-29(2,26)27/h3-10,15,23H,11-12H2,1-2H3. The van der Waals surface area contributed by atoms with Gasteiger partial charge in [-0.2, -0.15) is 4.98 Å². The molecule has 1 N–H and O–H groups in total. The fourth-order valence-electron chi connectivity index (χ4n) is 3.27. The molecular weight excluding hydrogens is 392 g/mol. The lowest BCUT2D eigenvalue weighted by Gasteiger charge is -2.16. The molecule has 1 saturated heterocycles. The number of aryl methyl sites for hydroxylation is 1. The molecule has 4 rings (SSSR count). The van der Waals surface area contributed by atoms with Gasteiger partial charge in [0.05, 0.1) is 12.2 Å². The molecule has 1 aliphatic rings. The van der Waals surface area contributed by atoms with E-state index in [1.807, 2.05) is 31.2 Å². The Labute approximate surface area is 168 Å². The van der Waals surface area contributed by atoms with Crippen LogP contribution in [0, 0.1) is 6.92 Å². The number of nitrogens with one attached hydrogen (secondary N) is 1. The van der Waals surface area contributed by atoms with Gasteiger partial charge in [0.1, 0.15) is 0 Å². The number of hydrogen-bond donors (Lipinski definition) is 1. The zero-order valence-corrected chi connectivity index (χ0v) is 16.8. The van der Waals surface area contributed by atoms with E-state index in [4.69, 9.17) is 4.52 Å². The number of carbonyl (C=O) groups is 1. The molecule has 2 aromatic carbocycles. The number of hydrogen-bond acceptors (Lipinski definition) is 6. The molecule has 29 heavy (non-hydrogen) atoms. The van der Waals surface area contributed by atoms with Crippen LogP contribution < -0.4 is 9.62 Å². The van der Waals surface area contributed by atoms with Crippen molar-refractivity contribution in [1.82, 2.24) is 10.1 Å². The number of anilines is 2. The predicted octanol–water partition coefficient (Wildman–Crippen LogP) is 2.94. The lowest BCUT2D eigenvalue weighted by Crippen LogP contribution is -2.24. The molecule has 8 nitrogen and oxygen atoms in total. The summed E-state index contributed by atoms with van der Waals surface area (Å²) in [6.07, 6.45) is 1.40. The Balaban J connectivity index is 1.49. The fourth-order valence-corrected chi connectivity index (χ4v) is 3.83. The molecule has 2 heterocycles. The molecule has 150 valence electrons. The Bertz CT molecular complexity index is 1140. The molecule has 0 saturated carbocycles. The van der Waals surface area contributed by atoms with Gasteiger partial charge >= 0.3 is 0 Å². The second kappa shape index (κ2) is 7.32. The molecular formula is C20H20N4O4S. The third-order valence-electron chi connectivity index (χ3n) is 4.71. The van der Waals surface area contributed by atoms with E-state index in [9.17, 15) is 13.2 Å². The molecule has 1 aliphatic heterocycles. The van der Waals surface area contributed by atoms with Crippen LogP contribution in [0.25, 0.3) is 11.4 Å². The second-order valence-electron chi connectivity index (χ2n) is 7.15. The monoisotopic (exact) mass is 412 g/mol. The van der Waals surface area contributed by atoms with Crippen molar-refractivity contribution < 1.29 is 17.7 Å². The van der Waals surface area contributed by atoms with Crippen molar-refractivity contribution in [2.75, 3.05) is 22.4 Å². The van der Waals surface area contributed by atoms with Crippen molar-refractivity contribution >= 4 is 27.3 Å². The molecule has 0 bridgehead atoms. The maximum Gasteiger partial charge on any atom is 0.232 e. The molecule has 0 spiro atoms. The van der Waals surface area contributed by atoms with Crippen LogP contribution in [0.15, 0.2) is 53.1 Å². The summed E-state index contributed by atoms with van der Waals surface area (Å²) in [6.45, 7) is 2.49. The SMILES string of the molecule is Cc1ccc(N2CC(c3nc(-c4ccc(NS(C)(=O)=O)cc4)no3)CC2=O)cc1. The van der Waals surface area contributed by atoms with Crippen molar-refractivity contribution in [1.29, 1.82) is 0 Å². The van der Waals surface area contributed by atoms with Gasteiger partial charge < -0.3 is 9.42 Å². The van der Waals surface area contributed by atoms with Crippen LogP contribution in [-0.2, 0) is 14.8 Å². The van der Waals surface area contributed by atoms with Crippen molar-refractivity contribution in [3.8, 4) is 11.4 Å². The zero-order valence-electron chi connectivity index (χ0n) is 16.0. The predicted molar refractivity (Wildman–Crippen MR) is 109 cm³/mol. The number of carbonyl (C=O) groups excluding carboxylic acids is 1. The quantitative estimate of drug-likeness (QED) is 0.691. The maximum absolute atomic E-state index is 12.5. The highest BCUT2D eigenvalue weighted by Gasteiger charge is 2.35. The van der Waals surface area contributed by atoms with E-state index in [-0.39, 0.29) is 11.8 Å². The van der Waals surface area contributed by atoms with E-state index in [0.717, 1.165) is 17.5 Å². The Morgan fingerprint density at radius 2 is 1.79 bits per heavy atom. The highest BCUT2D eigenvalue weighted by molar-refractivity contribution is 7.92. The Kier molecular flexibility index (Phi) is 4.83. The molecule has 9 heteroatoms. The molecule has 3 aromatic rings. The summed E-state index contributed by atoms with van der Waals surface area (Å²) in [5.74, 6) is 0.666. The first-order valence-corrected chi connectivity index (χ1v) is 11.0. The van der Waals surface area contributed by atoms with Crippen LogP contribution >= 0.6 is 0 Å². The van der Waals surface area contributed by atoms with E-state index in [2.05, 4.69) is 14.9 Å². The topological polar surface area (TPSA) is 105 Å². The molecule has 1 unspecified atom stereocenters. The smallest absolute Gasteiger partial charge is 0.232 e. The van der Waals surface area contributed by atoms with Crippen molar-refractivity contribution in [3.05, 3.63) is 60.0 Å². The number of rotatable bonds is 5. The number of amides is 1. The van der Waals surface area contributed by atoms with Crippen molar-refractivity contribution in [3.63, 3.8) is 0 Å². The number of aromatic nitrogens is 2. The zero-order chi connectivity index (χ0) is 20.6. The van der Waals surface area contributed by atoms with Crippen LogP contribution in [0.2, 0.25) is 0 Å². The van der Waals surface area contributed by atoms with Crippen LogP contribution in [-0.4, -0.2) is 37.3 Å². The Hall–Kier alpha value is -3.20. The maximum atomic E-state index is 12.5. The summed E-state index contributed by atoms with van der Waals surface area (Å²) in [6, 6.07) is 14.5. The summed E-state index contributed by atoms with van der Waals surface area (Å²) in [4.78, 5) is 18.6. The van der Waals surface area contributed by atoms with Gasteiger partial charge in [-0.15, -0.1) is 0 Å². The van der Waals surface area contributed by atoms with Gasteiger partial charge in [0.2, 0.25) is 27.6 Å². The van der Waals surface area contributed by atoms with Gasteiger partial charge in [0.15, 0.2) is 0 Å². The summed E-state index contributed by atoms with van der Waals surface area (Å²) < 4.78 is 30.4. The minimum absolute atomic E-state index is 0.0230. The number of nitrogens with zero attached hydrogens (tertiary/aromatic N) is 3.